The van der Waals surface area contributed by atoms with E-state index in [1.54, 1.807) is 0 Å². The van der Waals surface area contributed by atoms with Crippen molar-refractivity contribution >= 4 is 5.91 Å². The number of hydrogen-bond donors (Lipinski definition) is 1. The highest BCUT2D eigenvalue weighted by Gasteiger charge is 2.16. The van der Waals surface area contributed by atoms with E-state index in [1.807, 2.05) is 18.5 Å². The third-order valence-corrected chi connectivity index (χ3v) is 3.82. The van der Waals surface area contributed by atoms with Crippen LogP contribution in [-0.2, 0) is 16.1 Å². The molecule has 0 bridgehead atoms. The van der Waals surface area contributed by atoms with Gasteiger partial charge in [-0.25, -0.2) is 0 Å². The Balaban J connectivity index is 1.81. The summed E-state index contributed by atoms with van der Waals surface area (Å²) in [5.74, 6) is 0.0840. The maximum absolute atomic E-state index is 11.9. The Hall–Kier alpha value is -1.36. The summed E-state index contributed by atoms with van der Waals surface area (Å²) in [5.41, 5.74) is 3.39. The maximum Gasteiger partial charge on any atom is 0.222 e. The number of carbonyl (C=O) groups excluding carboxylic acids is 1. The van der Waals surface area contributed by atoms with Gasteiger partial charge in [0.15, 0.2) is 0 Å². The fraction of sp³-hybridized carbons (Fsp3) is 0.714. The summed E-state index contributed by atoms with van der Waals surface area (Å²) in [5, 5.41) is 7.47. The molecule has 0 unspecified atom stereocenters. The molecule has 2 heterocycles. The largest absolute Gasteiger partial charge is 0.379 e. The smallest absolute Gasteiger partial charge is 0.222 e. The second-order valence-electron chi connectivity index (χ2n) is 5.25. The second-order valence-corrected chi connectivity index (χ2v) is 5.25. The van der Waals surface area contributed by atoms with Crippen LogP contribution in [-0.4, -0.2) is 34.9 Å². The molecule has 19 heavy (non-hydrogen) atoms. The molecule has 106 valence electrons. The van der Waals surface area contributed by atoms with Crippen LogP contribution >= 0.6 is 0 Å². The van der Waals surface area contributed by atoms with Crippen LogP contribution in [0.1, 0.15) is 36.2 Å². The standard InChI is InChI=1S/C14H23N3O2/c1-10-11(2)16-17(12(10)3)7-6-14(18)15-13-5-4-8-19-9-13/h13H,4-9H2,1-3H3,(H,15,18)/t13-/m0/s1. The van der Waals surface area contributed by atoms with E-state index < -0.39 is 0 Å². The molecular formula is C14H23N3O2. The number of ether oxygens (including phenoxy) is 1. The molecule has 1 aromatic rings. The van der Waals surface area contributed by atoms with Gasteiger partial charge in [-0.05, 0) is 39.2 Å². The van der Waals surface area contributed by atoms with Crippen LogP contribution in [0.2, 0.25) is 0 Å². The van der Waals surface area contributed by atoms with E-state index in [2.05, 4.69) is 17.3 Å². The van der Waals surface area contributed by atoms with Crippen molar-refractivity contribution in [2.24, 2.45) is 0 Å². The Bertz CT molecular complexity index is 448. The number of aryl methyl sites for hydroxylation is 2. The van der Waals surface area contributed by atoms with E-state index in [0.717, 1.165) is 30.8 Å². The summed E-state index contributed by atoms with van der Waals surface area (Å²) in [6.07, 6.45) is 2.52. The van der Waals surface area contributed by atoms with Crippen LogP contribution in [0.5, 0.6) is 0 Å². The number of amides is 1. The highest BCUT2D eigenvalue weighted by atomic mass is 16.5. The normalized spacial score (nSPS) is 19.4. The molecular weight excluding hydrogens is 242 g/mol. The first-order valence-electron chi connectivity index (χ1n) is 6.95. The summed E-state index contributed by atoms with van der Waals surface area (Å²) in [7, 11) is 0. The lowest BCUT2D eigenvalue weighted by molar-refractivity contribution is -0.123. The van der Waals surface area contributed by atoms with Crippen molar-refractivity contribution in [3.8, 4) is 0 Å². The van der Waals surface area contributed by atoms with Gasteiger partial charge in [0, 0.05) is 25.3 Å². The van der Waals surface area contributed by atoms with E-state index in [-0.39, 0.29) is 11.9 Å². The molecule has 0 aliphatic carbocycles. The van der Waals surface area contributed by atoms with Crippen molar-refractivity contribution in [3.05, 3.63) is 17.0 Å². The minimum atomic E-state index is 0.0840. The van der Waals surface area contributed by atoms with E-state index in [1.165, 1.54) is 5.56 Å². The second kappa shape index (κ2) is 6.19. The molecule has 0 aromatic carbocycles. The van der Waals surface area contributed by atoms with Crippen LogP contribution in [0.4, 0.5) is 0 Å². The van der Waals surface area contributed by atoms with Gasteiger partial charge in [0.1, 0.15) is 0 Å². The van der Waals surface area contributed by atoms with Gasteiger partial charge < -0.3 is 10.1 Å². The van der Waals surface area contributed by atoms with E-state index >= 15 is 0 Å². The average molecular weight is 265 g/mol. The molecule has 1 fully saturated rings. The van der Waals surface area contributed by atoms with Crippen LogP contribution in [0.15, 0.2) is 0 Å². The number of rotatable bonds is 4. The third-order valence-electron chi connectivity index (χ3n) is 3.82. The summed E-state index contributed by atoms with van der Waals surface area (Å²) in [4.78, 5) is 11.9. The van der Waals surface area contributed by atoms with Crippen molar-refractivity contribution < 1.29 is 9.53 Å². The minimum Gasteiger partial charge on any atom is -0.379 e. The van der Waals surface area contributed by atoms with E-state index in [0.29, 0.717) is 19.6 Å². The maximum atomic E-state index is 11.9. The summed E-state index contributed by atoms with van der Waals surface area (Å²) in [6, 6.07) is 0.184. The molecule has 1 aliphatic rings. The number of hydrogen-bond acceptors (Lipinski definition) is 3. The first kappa shape index (κ1) is 14.1. The monoisotopic (exact) mass is 265 g/mol. The fourth-order valence-corrected chi connectivity index (χ4v) is 2.37. The molecule has 0 saturated carbocycles. The lowest BCUT2D eigenvalue weighted by atomic mass is 10.1. The number of carbonyl (C=O) groups is 1. The van der Waals surface area contributed by atoms with Gasteiger partial charge in [-0.15, -0.1) is 0 Å². The number of nitrogens with one attached hydrogen (secondary N) is 1. The number of nitrogens with zero attached hydrogens (tertiary/aromatic N) is 2. The number of aromatic nitrogens is 2. The van der Waals surface area contributed by atoms with Gasteiger partial charge in [-0.2, -0.15) is 5.10 Å². The fourth-order valence-electron chi connectivity index (χ4n) is 2.37. The topological polar surface area (TPSA) is 56.2 Å². The first-order chi connectivity index (χ1) is 9.08. The molecule has 0 radical (unpaired) electrons. The predicted molar refractivity (Wildman–Crippen MR) is 73.0 cm³/mol. The Morgan fingerprint density at radius 3 is 2.84 bits per heavy atom. The SMILES string of the molecule is Cc1nn(CCC(=O)N[C@H]2CCCOC2)c(C)c1C. The van der Waals surface area contributed by atoms with E-state index in [4.69, 9.17) is 4.74 Å². The van der Waals surface area contributed by atoms with Crippen LogP contribution < -0.4 is 5.32 Å². The summed E-state index contributed by atoms with van der Waals surface area (Å²) in [6.45, 7) is 8.20. The van der Waals surface area contributed by atoms with Gasteiger partial charge >= 0.3 is 0 Å². The molecule has 1 atom stereocenters. The Kier molecular flexibility index (Phi) is 4.58. The van der Waals surface area contributed by atoms with Gasteiger partial charge in [0.25, 0.3) is 0 Å². The molecule has 1 amide bonds. The van der Waals surface area contributed by atoms with Crippen molar-refractivity contribution in [2.75, 3.05) is 13.2 Å². The minimum absolute atomic E-state index is 0.0840. The Morgan fingerprint density at radius 1 is 1.47 bits per heavy atom. The first-order valence-corrected chi connectivity index (χ1v) is 6.95. The van der Waals surface area contributed by atoms with Gasteiger partial charge in [0.2, 0.25) is 5.91 Å². The lowest BCUT2D eigenvalue weighted by Crippen LogP contribution is -2.40. The zero-order chi connectivity index (χ0) is 13.8. The highest BCUT2D eigenvalue weighted by Crippen LogP contribution is 2.11. The van der Waals surface area contributed by atoms with Crippen molar-refractivity contribution in [1.82, 2.24) is 15.1 Å². The van der Waals surface area contributed by atoms with Crippen LogP contribution in [0, 0.1) is 20.8 Å². The molecule has 5 heteroatoms. The molecule has 1 aliphatic heterocycles. The molecule has 1 saturated heterocycles. The van der Waals surface area contributed by atoms with Crippen LogP contribution in [0.25, 0.3) is 0 Å². The summed E-state index contributed by atoms with van der Waals surface area (Å²) >= 11 is 0. The summed E-state index contributed by atoms with van der Waals surface area (Å²) < 4.78 is 7.27. The van der Waals surface area contributed by atoms with Crippen molar-refractivity contribution in [2.45, 2.75) is 52.6 Å². The quantitative estimate of drug-likeness (QED) is 0.897. The van der Waals surface area contributed by atoms with Crippen LogP contribution in [0.3, 0.4) is 0 Å². The van der Waals surface area contributed by atoms with Crippen molar-refractivity contribution in [1.29, 1.82) is 0 Å². The highest BCUT2D eigenvalue weighted by molar-refractivity contribution is 5.76. The Morgan fingerprint density at radius 2 is 2.26 bits per heavy atom. The van der Waals surface area contributed by atoms with Gasteiger partial charge in [-0.3, -0.25) is 9.48 Å². The Labute approximate surface area is 114 Å². The molecule has 1 N–H and O–H groups in total. The third kappa shape index (κ3) is 3.56. The van der Waals surface area contributed by atoms with E-state index in [9.17, 15) is 4.79 Å². The zero-order valence-corrected chi connectivity index (χ0v) is 12.0. The molecule has 5 nitrogen and oxygen atoms in total. The van der Waals surface area contributed by atoms with Gasteiger partial charge in [-0.1, -0.05) is 0 Å². The average Bonchev–Trinajstić information content (AvgIpc) is 2.65. The van der Waals surface area contributed by atoms with Gasteiger partial charge in [0.05, 0.1) is 18.3 Å². The molecule has 0 spiro atoms. The predicted octanol–water partition coefficient (Wildman–Crippen LogP) is 1.49. The molecule has 1 aromatic heterocycles. The molecule has 2 rings (SSSR count). The lowest BCUT2D eigenvalue weighted by Gasteiger charge is -2.23. The van der Waals surface area contributed by atoms with Crippen molar-refractivity contribution in [3.63, 3.8) is 0 Å². The zero-order valence-electron chi connectivity index (χ0n) is 12.0.